The summed E-state index contributed by atoms with van der Waals surface area (Å²) in [7, 11) is 3.20. The van der Waals surface area contributed by atoms with Crippen LogP contribution in [0.1, 0.15) is 23.8 Å². The number of aromatic nitrogens is 2. The molecule has 0 unspecified atom stereocenters. The number of hydrogen-bond acceptors (Lipinski definition) is 4. The van der Waals surface area contributed by atoms with E-state index in [2.05, 4.69) is 10.4 Å². The molecule has 1 heterocycles. The monoisotopic (exact) mass is 253 g/mol. The van der Waals surface area contributed by atoms with Crippen molar-refractivity contribution in [3.8, 4) is 0 Å². The average molecular weight is 253 g/mol. The number of anilines is 1. The number of carbonyl (C=O) groups excluding carboxylic acids is 2. The Balaban J connectivity index is 2.74. The largest absolute Gasteiger partial charge is 0.396 e. The number of nitrogens with zero attached hydrogens (tertiary/aromatic N) is 3. The van der Waals surface area contributed by atoms with E-state index in [1.807, 2.05) is 6.92 Å². The van der Waals surface area contributed by atoms with Crippen LogP contribution in [0.5, 0.6) is 0 Å². The molecule has 0 fully saturated rings. The van der Waals surface area contributed by atoms with E-state index in [0.29, 0.717) is 24.5 Å². The zero-order chi connectivity index (χ0) is 13.7. The molecule has 0 radical (unpaired) electrons. The normalized spacial score (nSPS) is 10.2. The van der Waals surface area contributed by atoms with Crippen LogP contribution in [0.15, 0.2) is 6.20 Å². The summed E-state index contributed by atoms with van der Waals surface area (Å²) in [6, 6.07) is 0. The van der Waals surface area contributed by atoms with Gasteiger partial charge in [-0.3, -0.25) is 14.3 Å². The van der Waals surface area contributed by atoms with E-state index in [9.17, 15) is 9.59 Å². The smallest absolute Gasteiger partial charge is 0.274 e. The fourth-order valence-electron chi connectivity index (χ4n) is 1.55. The number of amides is 2. The van der Waals surface area contributed by atoms with Gasteiger partial charge in [-0.1, -0.05) is 0 Å². The molecule has 0 aliphatic heterocycles. The van der Waals surface area contributed by atoms with Gasteiger partial charge in [0.15, 0.2) is 0 Å². The van der Waals surface area contributed by atoms with E-state index in [0.717, 1.165) is 0 Å². The third kappa shape index (κ3) is 2.99. The maximum atomic E-state index is 12.2. The highest BCUT2D eigenvalue weighted by molar-refractivity contribution is 5.97. The van der Waals surface area contributed by atoms with Gasteiger partial charge < -0.3 is 16.0 Å². The first-order valence-electron chi connectivity index (χ1n) is 5.78. The lowest BCUT2D eigenvalue weighted by Crippen LogP contribution is -2.33. The number of nitrogens with two attached hydrogens (primary N) is 1. The molecule has 0 aromatic carbocycles. The Morgan fingerprint density at radius 3 is 2.78 bits per heavy atom. The number of aryl methyl sites for hydroxylation is 1. The van der Waals surface area contributed by atoms with Crippen molar-refractivity contribution in [1.29, 1.82) is 0 Å². The van der Waals surface area contributed by atoms with Gasteiger partial charge in [0, 0.05) is 33.6 Å². The molecule has 0 aliphatic carbocycles. The Morgan fingerprint density at radius 2 is 2.22 bits per heavy atom. The quantitative estimate of drug-likeness (QED) is 0.753. The molecule has 1 aromatic rings. The van der Waals surface area contributed by atoms with Crippen LogP contribution >= 0.6 is 0 Å². The lowest BCUT2D eigenvalue weighted by Gasteiger charge is -2.17. The molecule has 7 heteroatoms. The molecule has 1 aromatic heterocycles. The molecule has 7 nitrogen and oxygen atoms in total. The van der Waals surface area contributed by atoms with Crippen LogP contribution in [-0.2, 0) is 11.3 Å². The maximum absolute atomic E-state index is 12.2. The van der Waals surface area contributed by atoms with Crippen LogP contribution in [0.25, 0.3) is 0 Å². The summed E-state index contributed by atoms with van der Waals surface area (Å²) in [6.45, 7) is 2.79. The van der Waals surface area contributed by atoms with Crippen molar-refractivity contribution < 1.29 is 9.59 Å². The standard InChI is InChI=1S/C11H19N5O2/c1-4-16-10(8(12)7-14-16)11(18)15(3)6-5-9(17)13-2/h7H,4-6,12H2,1-3H3,(H,13,17). The minimum absolute atomic E-state index is 0.105. The second-order valence-electron chi connectivity index (χ2n) is 3.91. The first kappa shape index (κ1) is 14.0. The van der Waals surface area contributed by atoms with Crippen molar-refractivity contribution in [1.82, 2.24) is 20.0 Å². The highest BCUT2D eigenvalue weighted by atomic mass is 16.2. The van der Waals surface area contributed by atoms with Crippen LogP contribution < -0.4 is 11.1 Å². The van der Waals surface area contributed by atoms with E-state index in [1.54, 1.807) is 18.8 Å². The lowest BCUT2D eigenvalue weighted by molar-refractivity contribution is -0.120. The summed E-state index contributed by atoms with van der Waals surface area (Å²) in [6.07, 6.45) is 1.72. The maximum Gasteiger partial charge on any atom is 0.274 e. The van der Waals surface area contributed by atoms with E-state index >= 15 is 0 Å². The molecule has 0 aliphatic rings. The summed E-state index contributed by atoms with van der Waals surface area (Å²) in [5, 5.41) is 6.52. The Labute approximate surface area is 106 Å². The zero-order valence-corrected chi connectivity index (χ0v) is 10.9. The minimum Gasteiger partial charge on any atom is -0.396 e. The topological polar surface area (TPSA) is 93.2 Å². The number of rotatable bonds is 5. The molecular weight excluding hydrogens is 234 g/mol. The van der Waals surface area contributed by atoms with Crippen molar-refractivity contribution in [3.05, 3.63) is 11.9 Å². The third-order valence-electron chi connectivity index (χ3n) is 2.67. The van der Waals surface area contributed by atoms with Crippen molar-refractivity contribution >= 4 is 17.5 Å². The second-order valence-corrected chi connectivity index (χ2v) is 3.91. The molecule has 0 bridgehead atoms. The van der Waals surface area contributed by atoms with E-state index in [4.69, 9.17) is 5.73 Å². The van der Waals surface area contributed by atoms with Gasteiger partial charge >= 0.3 is 0 Å². The Hall–Kier alpha value is -2.05. The van der Waals surface area contributed by atoms with Gasteiger partial charge in [-0.2, -0.15) is 5.10 Å². The fraction of sp³-hybridized carbons (Fsp3) is 0.545. The second kappa shape index (κ2) is 6.04. The van der Waals surface area contributed by atoms with Crippen LogP contribution in [0.4, 0.5) is 5.69 Å². The van der Waals surface area contributed by atoms with E-state index in [1.165, 1.54) is 11.1 Å². The zero-order valence-electron chi connectivity index (χ0n) is 10.9. The molecular formula is C11H19N5O2. The molecule has 0 spiro atoms. The van der Waals surface area contributed by atoms with Crippen molar-refractivity contribution in [2.45, 2.75) is 19.9 Å². The van der Waals surface area contributed by atoms with Crippen LogP contribution in [-0.4, -0.2) is 47.1 Å². The molecule has 18 heavy (non-hydrogen) atoms. The van der Waals surface area contributed by atoms with Crippen molar-refractivity contribution in [3.63, 3.8) is 0 Å². The third-order valence-corrected chi connectivity index (χ3v) is 2.67. The van der Waals surface area contributed by atoms with E-state index < -0.39 is 0 Å². The van der Waals surface area contributed by atoms with Gasteiger partial charge in [0.2, 0.25) is 5.91 Å². The summed E-state index contributed by atoms with van der Waals surface area (Å²) in [4.78, 5) is 24.8. The Morgan fingerprint density at radius 1 is 1.56 bits per heavy atom. The van der Waals surface area contributed by atoms with Gasteiger partial charge in [0.05, 0.1) is 11.9 Å². The van der Waals surface area contributed by atoms with Gasteiger partial charge in [0.1, 0.15) is 5.69 Å². The number of nitrogen functional groups attached to an aromatic ring is 1. The molecule has 3 N–H and O–H groups in total. The predicted molar refractivity (Wildman–Crippen MR) is 68.0 cm³/mol. The predicted octanol–water partition coefficient (Wildman–Crippen LogP) is -0.307. The number of nitrogens with one attached hydrogen (secondary N) is 1. The number of carbonyl (C=O) groups is 2. The first-order valence-corrected chi connectivity index (χ1v) is 5.78. The molecule has 100 valence electrons. The molecule has 0 atom stereocenters. The van der Waals surface area contributed by atoms with Gasteiger partial charge in [-0.05, 0) is 6.92 Å². The van der Waals surface area contributed by atoms with Crippen LogP contribution in [0.3, 0.4) is 0 Å². The lowest BCUT2D eigenvalue weighted by atomic mass is 10.3. The summed E-state index contributed by atoms with van der Waals surface area (Å²) in [5.74, 6) is -0.331. The fourth-order valence-corrected chi connectivity index (χ4v) is 1.55. The van der Waals surface area contributed by atoms with E-state index in [-0.39, 0.29) is 18.2 Å². The van der Waals surface area contributed by atoms with Gasteiger partial charge in [0.25, 0.3) is 5.91 Å². The SMILES string of the molecule is CCn1ncc(N)c1C(=O)N(C)CCC(=O)NC. The van der Waals surface area contributed by atoms with Crippen LogP contribution in [0, 0.1) is 0 Å². The molecule has 1 rings (SSSR count). The van der Waals surface area contributed by atoms with Gasteiger partial charge in [-0.25, -0.2) is 0 Å². The number of hydrogen-bond donors (Lipinski definition) is 2. The molecule has 0 saturated carbocycles. The first-order chi connectivity index (χ1) is 8.51. The Kier molecular flexibility index (Phi) is 4.70. The summed E-state index contributed by atoms with van der Waals surface area (Å²) < 4.78 is 1.55. The summed E-state index contributed by atoms with van der Waals surface area (Å²) >= 11 is 0. The van der Waals surface area contributed by atoms with Gasteiger partial charge in [-0.15, -0.1) is 0 Å². The highest BCUT2D eigenvalue weighted by Gasteiger charge is 2.20. The highest BCUT2D eigenvalue weighted by Crippen LogP contribution is 2.13. The Bertz CT molecular complexity index is 441. The van der Waals surface area contributed by atoms with Crippen LogP contribution in [0.2, 0.25) is 0 Å². The molecule has 0 saturated heterocycles. The average Bonchev–Trinajstić information content (AvgIpc) is 2.75. The minimum atomic E-state index is -0.226. The molecule has 2 amide bonds. The van der Waals surface area contributed by atoms with Crippen molar-refractivity contribution in [2.75, 3.05) is 26.4 Å². The van der Waals surface area contributed by atoms with Crippen molar-refractivity contribution in [2.24, 2.45) is 0 Å². The summed E-state index contributed by atoms with van der Waals surface area (Å²) in [5.41, 5.74) is 6.46.